The molecule has 3 aromatic carbocycles. The number of nitrogens with one attached hydrogen (secondary N) is 1. The van der Waals surface area contributed by atoms with Gasteiger partial charge in [-0.1, -0.05) is 42.1 Å². The summed E-state index contributed by atoms with van der Waals surface area (Å²) in [6, 6.07) is 19.0. The van der Waals surface area contributed by atoms with Crippen molar-refractivity contribution in [1.29, 1.82) is 0 Å². The van der Waals surface area contributed by atoms with Gasteiger partial charge < -0.3 is 10.1 Å². The number of rotatable bonds is 6. The molecule has 0 spiro atoms. The molecule has 9 heteroatoms. The fraction of sp³-hybridized carbons (Fsp3) is 0.115. The van der Waals surface area contributed by atoms with Gasteiger partial charge in [-0.3, -0.25) is 19.0 Å². The van der Waals surface area contributed by atoms with Crippen molar-refractivity contribution in [3.05, 3.63) is 95.3 Å². The fourth-order valence-electron chi connectivity index (χ4n) is 3.87. The van der Waals surface area contributed by atoms with Crippen LogP contribution < -0.4 is 10.1 Å². The highest BCUT2D eigenvalue weighted by Crippen LogP contribution is 2.30. The molecular formula is C26H20N4O4S. The van der Waals surface area contributed by atoms with Crippen LogP contribution in [0.3, 0.4) is 0 Å². The molecule has 0 saturated heterocycles. The number of fused-ring (bicyclic) bond motifs is 2. The summed E-state index contributed by atoms with van der Waals surface area (Å²) in [5.41, 5.74) is 2.63. The van der Waals surface area contributed by atoms with E-state index in [0.717, 1.165) is 5.69 Å². The van der Waals surface area contributed by atoms with E-state index < -0.39 is 5.25 Å². The number of anilines is 1. The van der Waals surface area contributed by atoms with Crippen molar-refractivity contribution in [1.82, 2.24) is 14.8 Å². The normalized spacial score (nSPS) is 13.1. The van der Waals surface area contributed by atoms with E-state index in [1.165, 1.54) is 11.8 Å². The van der Waals surface area contributed by atoms with Crippen molar-refractivity contribution < 1.29 is 19.1 Å². The molecule has 8 nitrogen and oxygen atoms in total. The zero-order valence-electron chi connectivity index (χ0n) is 18.9. The molecule has 1 aliphatic carbocycles. The minimum atomic E-state index is -0.516. The lowest BCUT2D eigenvalue weighted by molar-refractivity contribution is -0.115. The number of thioether (sulfide) groups is 1. The standard InChI is InChI=1S/C26H20N4O4S/c1-15(35-26-29-27-14-30(26)17-6-5-7-18(13-17)34-2)25(33)28-16-10-11-21-22(12-16)24(32)20-9-4-3-8-19(20)23(21)31/h3-15H,1-2H3,(H,28,33). The molecule has 1 atom stereocenters. The number of carbonyl (C=O) groups excluding carboxylic acids is 3. The van der Waals surface area contributed by atoms with Crippen molar-refractivity contribution in [2.45, 2.75) is 17.3 Å². The van der Waals surface area contributed by atoms with Crippen LogP contribution in [0.15, 0.2) is 78.2 Å². The number of hydrogen-bond donors (Lipinski definition) is 1. The van der Waals surface area contributed by atoms with Crippen LogP contribution in [0, 0.1) is 0 Å². The van der Waals surface area contributed by atoms with Crippen LogP contribution in [-0.4, -0.2) is 44.6 Å². The lowest BCUT2D eigenvalue weighted by Crippen LogP contribution is -2.24. The molecule has 1 heterocycles. The maximum absolute atomic E-state index is 13.0. The van der Waals surface area contributed by atoms with Crippen LogP contribution in [0.25, 0.3) is 5.69 Å². The van der Waals surface area contributed by atoms with Crippen LogP contribution in [0.2, 0.25) is 0 Å². The van der Waals surface area contributed by atoms with Crippen molar-refractivity contribution in [2.24, 2.45) is 0 Å². The third-order valence-electron chi connectivity index (χ3n) is 5.69. The Kier molecular flexibility index (Phi) is 5.92. The summed E-state index contributed by atoms with van der Waals surface area (Å²) in [6.07, 6.45) is 1.58. The Morgan fingerprint density at radius 1 is 0.943 bits per heavy atom. The minimum absolute atomic E-state index is 0.200. The summed E-state index contributed by atoms with van der Waals surface area (Å²) in [4.78, 5) is 38.7. The van der Waals surface area contributed by atoms with Gasteiger partial charge in [-0.05, 0) is 37.3 Å². The predicted octanol–water partition coefficient (Wildman–Crippen LogP) is 4.17. The lowest BCUT2D eigenvalue weighted by atomic mass is 9.84. The highest BCUT2D eigenvalue weighted by molar-refractivity contribution is 8.00. The first kappa shape index (κ1) is 22.5. The molecule has 1 aliphatic rings. The van der Waals surface area contributed by atoms with E-state index in [4.69, 9.17) is 4.74 Å². The molecular weight excluding hydrogens is 464 g/mol. The van der Waals surface area contributed by atoms with Gasteiger partial charge in [0.1, 0.15) is 12.1 Å². The summed E-state index contributed by atoms with van der Waals surface area (Å²) in [5, 5.41) is 11.0. The summed E-state index contributed by atoms with van der Waals surface area (Å²) in [6.45, 7) is 1.76. The number of methoxy groups -OCH3 is 1. The van der Waals surface area contributed by atoms with Gasteiger partial charge in [0.25, 0.3) is 0 Å². The van der Waals surface area contributed by atoms with Crippen LogP contribution in [-0.2, 0) is 4.79 Å². The number of ether oxygens (including phenoxy) is 1. The average molecular weight is 485 g/mol. The van der Waals surface area contributed by atoms with E-state index in [1.54, 1.807) is 67.4 Å². The van der Waals surface area contributed by atoms with Gasteiger partial charge in [-0.25, -0.2) is 0 Å². The SMILES string of the molecule is COc1cccc(-n2cnnc2SC(C)C(=O)Nc2ccc3c(c2)C(=O)c2ccccc2C3=O)c1. The van der Waals surface area contributed by atoms with Crippen LogP contribution in [0.5, 0.6) is 5.75 Å². The first-order valence-corrected chi connectivity index (χ1v) is 11.7. The van der Waals surface area contributed by atoms with Gasteiger partial charge in [0, 0.05) is 34.0 Å². The molecule has 0 bridgehead atoms. The second-order valence-electron chi connectivity index (χ2n) is 7.90. The molecule has 1 aromatic heterocycles. The third-order valence-corrected chi connectivity index (χ3v) is 6.75. The van der Waals surface area contributed by atoms with E-state index in [2.05, 4.69) is 15.5 Å². The first-order valence-electron chi connectivity index (χ1n) is 10.8. The quantitative estimate of drug-likeness (QED) is 0.361. The largest absolute Gasteiger partial charge is 0.497 e. The Labute approximate surface area is 205 Å². The zero-order valence-corrected chi connectivity index (χ0v) is 19.7. The van der Waals surface area contributed by atoms with Gasteiger partial charge >= 0.3 is 0 Å². The number of amides is 1. The zero-order chi connectivity index (χ0) is 24.5. The molecule has 0 saturated carbocycles. The number of hydrogen-bond acceptors (Lipinski definition) is 7. The van der Waals surface area contributed by atoms with E-state index in [1.807, 2.05) is 24.3 Å². The monoisotopic (exact) mass is 484 g/mol. The maximum atomic E-state index is 13.0. The maximum Gasteiger partial charge on any atom is 0.237 e. The molecule has 174 valence electrons. The van der Waals surface area contributed by atoms with E-state index in [-0.39, 0.29) is 23.0 Å². The Bertz CT molecular complexity index is 1480. The fourth-order valence-corrected chi connectivity index (χ4v) is 4.72. The second-order valence-corrected chi connectivity index (χ2v) is 9.21. The number of ketones is 2. The second kappa shape index (κ2) is 9.19. The Hall–Kier alpha value is -4.24. The summed E-state index contributed by atoms with van der Waals surface area (Å²) >= 11 is 1.25. The van der Waals surface area contributed by atoms with Crippen molar-refractivity contribution in [3.63, 3.8) is 0 Å². The molecule has 0 aliphatic heterocycles. The third kappa shape index (κ3) is 4.22. The number of carbonyl (C=O) groups is 3. The molecule has 0 radical (unpaired) electrons. The topological polar surface area (TPSA) is 103 Å². The van der Waals surface area contributed by atoms with E-state index >= 15 is 0 Å². The molecule has 35 heavy (non-hydrogen) atoms. The molecule has 1 unspecified atom stereocenters. The molecule has 1 N–H and O–H groups in total. The van der Waals surface area contributed by atoms with Crippen LogP contribution in [0.1, 0.15) is 38.8 Å². The van der Waals surface area contributed by atoms with Crippen molar-refractivity contribution in [2.75, 3.05) is 12.4 Å². The molecule has 1 amide bonds. The van der Waals surface area contributed by atoms with Gasteiger partial charge in [0.05, 0.1) is 18.0 Å². The van der Waals surface area contributed by atoms with Gasteiger partial charge in [0.15, 0.2) is 16.7 Å². The Morgan fingerprint density at radius 3 is 2.40 bits per heavy atom. The smallest absolute Gasteiger partial charge is 0.237 e. The highest BCUT2D eigenvalue weighted by Gasteiger charge is 2.29. The average Bonchev–Trinajstić information content (AvgIpc) is 3.35. The van der Waals surface area contributed by atoms with E-state index in [0.29, 0.717) is 33.3 Å². The highest BCUT2D eigenvalue weighted by atomic mass is 32.2. The summed E-state index contributed by atoms with van der Waals surface area (Å²) in [7, 11) is 1.59. The van der Waals surface area contributed by atoms with Crippen molar-refractivity contribution in [3.8, 4) is 11.4 Å². The first-order chi connectivity index (χ1) is 17.0. The number of benzene rings is 3. The molecule has 5 rings (SSSR count). The number of nitrogens with zero attached hydrogens (tertiary/aromatic N) is 3. The Balaban J connectivity index is 1.33. The Morgan fingerprint density at radius 2 is 1.66 bits per heavy atom. The van der Waals surface area contributed by atoms with E-state index in [9.17, 15) is 14.4 Å². The van der Waals surface area contributed by atoms with Gasteiger partial charge in [0.2, 0.25) is 5.91 Å². The summed E-state index contributed by atoms with van der Waals surface area (Å²) < 4.78 is 7.06. The van der Waals surface area contributed by atoms with Gasteiger partial charge in [-0.15, -0.1) is 10.2 Å². The van der Waals surface area contributed by atoms with Crippen LogP contribution in [0.4, 0.5) is 5.69 Å². The number of aromatic nitrogens is 3. The summed E-state index contributed by atoms with van der Waals surface area (Å²) in [5.74, 6) is -0.0138. The van der Waals surface area contributed by atoms with Crippen LogP contribution >= 0.6 is 11.8 Å². The minimum Gasteiger partial charge on any atom is -0.497 e. The lowest BCUT2D eigenvalue weighted by Gasteiger charge is -2.18. The molecule has 0 fully saturated rings. The van der Waals surface area contributed by atoms with Gasteiger partial charge in [-0.2, -0.15) is 0 Å². The van der Waals surface area contributed by atoms with Crippen molar-refractivity contribution >= 4 is 34.9 Å². The molecule has 4 aromatic rings. The predicted molar refractivity (Wildman–Crippen MR) is 132 cm³/mol.